The Kier molecular flexibility index (Phi) is 9.99. The minimum Gasteiger partial charge on any atom is -0.480 e. The first-order chi connectivity index (χ1) is 5.18. The van der Waals surface area contributed by atoms with Crippen molar-refractivity contribution < 1.29 is 9.90 Å². The van der Waals surface area contributed by atoms with Crippen LogP contribution in [0.3, 0.4) is 0 Å². The van der Waals surface area contributed by atoms with E-state index in [1.807, 2.05) is 6.08 Å². The number of carbonyl (C=O) groups is 1. The second-order valence-corrected chi connectivity index (χ2v) is 2.52. The summed E-state index contributed by atoms with van der Waals surface area (Å²) < 4.78 is 0. The number of halogens is 1. The molecule has 1 atom stereocenters. The topological polar surface area (TPSA) is 63.3 Å². The molecule has 3 N–H and O–H groups in total. The first-order valence-corrected chi connectivity index (χ1v) is 3.77. The van der Waals surface area contributed by atoms with Gasteiger partial charge in [0.05, 0.1) is 0 Å². The van der Waals surface area contributed by atoms with Crippen molar-refractivity contribution in [2.24, 2.45) is 5.73 Å². The zero-order valence-electron chi connectivity index (χ0n) is 7.03. The van der Waals surface area contributed by atoms with E-state index in [-0.39, 0.29) is 12.4 Å². The van der Waals surface area contributed by atoms with E-state index in [1.54, 1.807) is 0 Å². The molecular formula is C8H16ClNO2. The third kappa shape index (κ3) is 7.57. The second kappa shape index (κ2) is 8.56. The largest absolute Gasteiger partial charge is 0.480 e. The molecule has 0 aromatic heterocycles. The molecule has 0 heterocycles. The van der Waals surface area contributed by atoms with Crippen molar-refractivity contribution in [3.63, 3.8) is 0 Å². The molecule has 12 heavy (non-hydrogen) atoms. The summed E-state index contributed by atoms with van der Waals surface area (Å²) in [5.41, 5.74) is 5.27. The standard InChI is InChI=1S/C8H15NO2.ClH/c1-2-3-4-5-6-7(9)8(10)11;/h2,7H,1,3-6,9H2,(H,10,11);1H. The fraction of sp³-hybridized carbons (Fsp3) is 0.625. The van der Waals surface area contributed by atoms with E-state index in [0.717, 1.165) is 19.3 Å². The molecule has 1 unspecified atom stereocenters. The van der Waals surface area contributed by atoms with E-state index in [9.17, 15) is 4.79 Å². The zero-order valence-corrected chi connectivity index (χ0v) is 7.85. The van der Waals surface area contributed by atoms with Gasteiger partial charge in [-0.3, -0.25) is 4.79 Å². The van der Waals surface area contributed by atoms with Crippen LogP contribution in [0.25, 0.3) is 0 Å². The lowest BCUT2D eigenvalue weighted by Crippen LogP contribution is -2.29. The van der Waals surface area contributed by atoms with Gasteiger partial charge >= 0.3 is 5.97 Å². The van der Waals surface area contributed by atoms with Crippen LogP contribution in [0.4, 0.5) is 0 Å². The Morgan fingerprint density at radius 1 is 1.58 bits per heavy atom. The lowest BCUT2D eigenvalue weighted by molar-refractivity contribution is -0.138. The number of aliphatic carboxylic acids is 1. The summed E-state index contributed by atoms with van der Waals surface area (Å²) in [6.07, 6.45) is 5.16. The normalized spacial score (nSPS) is 11.4. The van der Waals surface area contributed by atoms with Gasteiger partial charge in [-0.15, -0.1) is 19.0 Å². The predicted octanol–water partition coefficient (Wildman–Crippen LogP) is 1.57. The Labute approximate surface area is 79.1 Å². The first-order valence-electron chi connectivity index (χ1n) is 3.77. The molecule has 0 rings (SSSR count). The summed E-state index contributed by atoms with van der Waals surface area (Å²) in [5, 5.41) is 8.39. The number of unbranched alkanes of at least 4 members (excludes halogenated alkanes) is 2. The van der Waals surface area contributed by atoms with Crippen LogP contribution in [-0.2, 0) is 4.79 Å². The fourth-order valence-electron chi connectivity index (χ4n) is 0.776. The van der Waals surface area contributed by atoms with E-state index < -0.39 is 12.0 Å². The average molecular weight is 194 g/mol. The molecule has 0 aliphatic rings. The Bertz CT molecular complexity index is 139. The SMILES string of the molecule is C=CCCCCC(N)C(=O)O.Cl. The smallest absolute Gasteiger partial charge is 0.320 e. The average Bonchev–Trinajstić information content (AvgIpc) is 1.97. The van der Waals surface area contributed by atoms with Gasteiger partial charge in [-0.25, -0.2) is 0 Å². The van der Waals surface area contributed by atoms with Gasteiger partial charge in [-0.1, -0.05) is 12.5 Å². The molecule has 0 aliphatic heterocycles. The highest BCUT2D eigenvalue weighted by Crippen LogP contribution is 2.02. The van der Waals surface area contributed by atoms with Gasteiger partial charge in [-0.2, -0.15) is 0 Å². The van der Waals surface area contributed by atoms with Crippen molar-refractivity contribution in [2.45, 2.75) is 31.7 Å². The molecule has 3 nitrogen and oxygen atoms in total. The van der Waals surface area contributed by atoms with E-state index in [0.29, 0.717) is 6.42 Å². The number of carboxylic acid groups (broad SMARTS) is 1. The molecule has 0 aromatic rings. The number of allylic oxidation sites excluding steroid dienone is 1. The molecule has 72 valence electrons. The third-order valence-electron chi connectivity index (χ3n) is 1.49. The molecular weight excluding hydrogens is 178 g/mol. The van der Waals surface area contributed by atoms with Crippen molar-refractivity contribution in [3.05, 3.63) is 12.7 Å². The van der Waals surface area contributed by atoms with Crippen molar-refractivity contribution in [2.75, 3.05) is 0 Å². The molecule has 4 heteroatoms. The highest BCUT2D eigenvalue weighted by atomic mass is 35.5. The molecule has 0 aromatic carbocycles. The lowest BCUT2D eigenvalue weighted by atomic mass is 10.1. The number of nitrogens with two attached hydrogens (primary N) is 1. The summed E-state index contributed by atoms with van der Waals surface area (Å²) in [4.78, 5) is 10.2. The van der Waals surface area contributed by atoms with Crippen LogP contribution in [-0.4, -0.2) is 17.1 Å². The highest BCUT2D eigenvalue weighted by Gasteiger charge is 2.09. The quantitative estimate of drug-likeness (QED) is 0.497. The number of hydrogen-bond acceptors (Lipinski definition) is 2. The van der Waals surface area contributed by atoms with Gasteiger partial charge in [-0.05, 0) is 19.3 Å². The fourth-order valence-corrected chi connectivity index (χ4v) is 0.776. The lowest BCUT2D eigenvalue weighted by Gasteiger charge is -2.03. The van der Waals surface area contributed by atoms with Crippen LogP contribution in [0, 0.1) is 0 Å². The van der Waals surface area contributed by atoms with Gasteiger partial charge in [0.1, 0.15) is 6.04 Å². The predicted molar refractivity (Wildman–Crippen MR) is 51.5 cm³/mol. The maximum Gasteiger partial charge on any atom is 0.320 e. The van der Waals surface area contributed by atoms with E-state index >= 15 is 0 Å². The van der Waals surface area contributed by atoms with Crippen LogP contribution in [0.15, 0.2) is 12.7 Å². The van der Waals surface area contributed by atoms with Gasteiger partial charge in [0.2, 0.25) is 0 Å². The van der Waals surface area contributed by atoms with Gasteiger partial charge in [0.15, 0.2) is 0 Å². The molecule has 0 fully saturated rings. The van der Waals surface area contributed by atoms with E-state index in [2.05, 4.69) is 6.58 Å². The summed E-state index contributed by atoms with van der Waals surface area (Å²) in [6.45, 7) is 3.56. The maximum absolute atomic E-state index is 10.2. The van der Waals surface area contributed by atoms with Crippen LogP contribution < -0.4 is 5.73 Å². The van der Waals surface area contributed by atoms with E-state index in [4.69, 9.17) is 10.8 Å². The zero-order chi connectivity index (χ0) is 8.69. The molecule has 0 saturated carbocycles. The summed E-state index contributed by atoms with van der Waals surface area (Å²) in [6, 6.07) is -0.695. The van der Waals surface area contributed by atoms with Crippen LogP contribution in [0.5, 0.6) is 0 Å². The summed E-state index contributed by atoms with van der Waals surface area (Å²) >= 11 is 0. The summed E-state index contributed by atoms with van der Waals surface area (Å²) in [5.74, 6) is -0.913. The van der Waals surface area contributed by atoms with Crippen molar-refractivity contribution in [1.29, 1.82) is 0 Å². The molecule has 0 spiro atoms. The van der Waals surface area contributed by atoms with Crippen LogP contribution in [0.1, 0.15) is 25.7 Å². The van der Waals surface area contributed by atoms with Crippen LogP contribution >= 0.6 is 12.4 Å². The number of carboxylic acids is 1. The monoisotopic (exact) mass is 193 g/mol. The van der Waals surface area contributed by atoms with Crippen molar-refractivity contribution in [1.82, 2.24) is 0 Å². The van der Waals surface area contributed by atoms with Gasteiger partial charge < -0.3 is 10.8 Å². The molecule has 0 radical (unpaired) electrons. The van der Waals surface area contributed by atoms with Gasteiger partial charge in [0.25, 0.3) is 0 Å². The van der Waals surface area contributed by atoms with Crippen molar-refractivity contribution in [3.8, 4) is 0 Å². The Morgan fingerprint density at radius 3 is 2.58 bits per heavy atom. The Hall–Kier alpha value is -0.540. The minimum atomic E-state index is -0.913. The van der Waals surface area contributed by atoms with Crippen LogP contribution in [0.2, 0.25) is 0 Å². The molecule has 0 aliphatic carbocycles. The minimum absolute atomic E-state index is 0. The molecule has 0 saturated heterocycles. The number of hydrogen-bond donors (Lipinski definition) is 2. The molecule has 0 amide bonds. The Balaban J connectivity index is 0. The maximum atomic E-state index is 10.2. The van der Waals surface area contributed by atoms with Crippen molar-refractivity contribution >= 4 is 18.4 Å². The van der Waals surface area contributed by atoms with Gasteiger partial charge in [0, 0.05) is 0 Å². The molecule has 0 bridgehead atoms. The third-order valence-corrected chi connectivity index (χ3v) is 1.49. The summed E-state index contributed by atoms with van der Waals surface area (Å²) in [7, 11) is 0. The number of rotatable bonds is 6. The first kappa shape index (κ1) is 14.0. The highest BCUT2D eigenvalue weighted by molar-refractivity contribution is 5.85. The Morgan fingerprint density at radius 2 is 2.17 bits per heavy atom. The second-order valence-electron chi connectivity index (χ2n) is 2.52. The van der Waals surface area contributed by atoms with E-state index in [1.165, 1.54) is 0 Å².